The summed E-state index contributed by atoms with van der Waals surface area (Å²) in [6.07, 6.45) is 1.00. The lowest BCUT2D eigenvalue weighted by Gasteiger charge is -2.23. The lowest BCUT2D eigenvalue weighted by Crippen LogP contribution is -2.33. The number of hydrogen-bond acceptors (Lipinski definition) is 4. The number of nitrogens with one attached hydrogen (secondary N) is 2. The lowest BCUT2D eigenvalue weighted by molar-refractivity contribution is 0.199. The average Bonchev–Trinajstić information content (AvgIpc) is 2.51. The van der Waals surface area contributed by atoms with Gasteiger partial charge in [-0.15, -0.1) is 0 Å². The van der Waals surface area contributed by atoms with E-state index in [0.29, 0.717) is 31.1 Å². The maximum absolute atomic E-state index is 12.2. The Hall–Kier alpha value is -0.950. The van der Waals surface area contributed by atoms with Crippen molar-refractivity contribution in [2.75, 3.05) is 33.4 Å². The Morgan fingerprint density at radius 1 is 1.09 bits per heavy atom. The molecule has 0 spiro atoms. The minimum Gasteiger partial charge on any atom is -0.383 e. The van der Waals surface area contributed by atoms with Crippen LogP contribution >= 0.6 is 0 Å². The summed E-state index contributed by atoms with van der Waals surface area (Å²) in [5.74, 6) is 0. The molecule has 0 amide bonds. The molecule has 0 heterocycles. The van der Waals surface area contributed by atoms with Gasteiger partial charge >= 0.3 is 0 Å². The normalized spacial score (nSPS) is 12.5. The fraction of sp³-hybridized carbons (Fsp3) is 0.625. The van der Waals surface area contributed by atoms with Gasteiger partial charge in [-0.2, -0.15) is 0 Å². The van der Waals surface area contributed by atoms with E-state index in [1.807, 2.05) is 12.1 Å². The summed E-state index contributed by atoms with van der Waals surface area (Å²) in [6.45, 7) is 8.68. The highest BCUT2D eigenvalue weighted by molar-refractivity contribution is 7.89. The van der Waals surface area contributed by atoms with Gasteiger partial charge in [-0.1, -0.05) is 32.9 Å². The first-order valence-corrected chi connectivity index (χ1v) is 9.11. The third-order valence-electron chi connectivity index (χ3n) is 3.91. The van der Waals surface area contributed by atoms with Crippen LogP contribution in [-0.4, -0.2) is 41.8 Å². The molecule has 0 aliphatic rings. The van der Waals surface area contributed by atoms with Crippen molar-refractivity contribution in [3.8, 4) is 0 Å². The van der Waals surface area contributed by atoms with Crippen LogP contribution in [0, 0.1) is 0 Å². The van der Waals surface area contributed by atoms with Crippen molar-refractivity contribution in [2.45, 2.75) is 37.5 Å². The van der Waals surface area contributed by atoms with Crippen molar-refractivity contribution >= 4 is 10.0 Å². The highest BCUT2D eigenvalue weighted by atomic mass is 32.2. The van der Waals surface area contributed by atoms with E-state index in [1.165, 1.54) is 0 Å². The molecule has 126 valence electrons. The van der Waals surface area contributed by atoms with Crippen LogP contribution in [-0.2, 0) is 20.2 Å². The van der Waals surface area contributed by atoms with Crippen LogP contribution in [0.3, 0.4) is 0 Å². The van der Waals surface area contributed by atoms with Crippen LogP contribution in [0.25, 0.3) is 0 Å². The topological polar surface area (TPSA) is 67.4 Å². The molecule has 2 N–H and O–H groups in total. The molecule has 0 atom stereocenters. The second-order valence-corrected chi connectivity index (χ2v) is 7.67. The zero-order valence-corrected chi connectivity index (χ0v) is 14.8. The molecule has 0 radical (unpaired) electrons. The SMILES string of the molecule is CCC(C)(C)c1ccc(S(=O)(=O)NCCNCCOC)cc1. The molecule has 1 aromatic rings. The van der Waals surface area contributed by atoms with Gasteiger partial charge in [0.05, 0.1) is 11.5 Å². The molecule has 0 fully saturated rings. The van der Waals surface area contributed by atoms with Crippen LogP contribution in [0.2, 0.25) is 0 Å². The molecule has 22 heavy (non-hydrogen) atoms. The second kappa shape index (κ2) is 8.62. The van der Waals surface area contributed by atoms with Gasteiger partial charge in [-0.05, 0) is 29.5 Å². The highest BCUT2D eigenvalue weighted by Gasteiger charge is 2.19. The van der Waals surface area contributed by atoms with Gasteiger partial charge in [0.15, 0.2) is 0 Å². The van der Waals surface area contributed by atoms with Crippen molar-refractivity contribution < 1.29 is 13.2 Å². The minimum absolute atomic E-state index is 0.0565. The lowest BCUT2D eigenvalue weighted by atomic mass is 9.82. The Morgan fingerprint density at radius 2 is 1.73 bits per heavy atom. The Bertz CT molecular complexity index is 539. The van der Waals surface area contributed by atoms with Crippen molar-refractivity contribution in [2.24, 2.45) is 0 Å². The van der Waals surface area contributed by atoms with E-state index in [2.05, 4.69) is 30.8 Å². The highest BCUT2D eigenvalue weighted by Crippen LogP contribution is 2.27. The Balaban J connectivity index is 2.59. The minimum atomic E-state index is -3.44. The standard InChI is InChI=1S/C16H28N2O3S/c1-5-16(2,3)14-6-8-15(9-7-14)22(19,20)18-11-10-17-12-13-21-4/h6-9,17-18H,5,10-13H2,1-4H3. The van der Waals surface area contributed by atoms with E-state index in [9.17, 15) is 8.42 Å². The van der Waals surface area contributed by atoms with E-state index in [-0.39, 0.29) is 5.41 Å². The van der Waals surface area contributed by atoms with Crippen molar-refractivity contribution in [1.29, 1.82) is 0 Å². The Morgan fingerprint density at radius 3 is 2.27 bits per heavy atom. The van der Waals surface area contributed by atoms with Crippen LogP contribution in [0.15, 0.2) is 29.2 Å². The summed E-state index contributed by atoms with van der Waals surface area (Å²) in [7, 11) is -1.81. The molecule has 0 unspecified atom stereocenters. The predicted molar refractivity (Wildman–Crippen MR) is 89.7 cm³/mol. The molecule has 0 aromatic heterocycles. The van der Waals surface area contributed by atoms with E-state index in [0.717, 1.165) is 12.0 Å². The van der Waals surface area contributed by atoms with Crippen molar-refractivity contribution in [1.82, 2.24) is 10.0 Å². The van der Waals surface area contributed by atoms with Crippen LogP contribution in [0.4, 0.5) is 0 Å². The summed E-state index contributed by atoms with van der Waals surface area (Å²) in [4.78, 5) is 0.306. The summed E-state index contributed by atoms with van der Waals surface area (Å²) in [5, 5.41) is 3.10. The zero-order valence-electron chi connectivity index (χ0n) is 14.0. The number of hydrogen-bond donors (Lipinski definition) is 2. The van der Waals surface area contributed by atoms with Gasteiger partial charge in [-0.3, -0.25) is 0 Å². The Kier molecular flexibility index (Phi) is 7.48. The summed E-state index contributed by atoms with van der Waals surface area (Å²) < 4.78 is 31.9. The van der Waals surface area contributed by atoms with Crippen molar-refractivity contribution in [3.63, 3.8) is 0 Å². The van der Waals surface area contributed by atoms with Crippen LogP contribution in [0.5, 0.6) is 0 Å². The molecular formula is C16H28N2O3S. The van der Waals surface area contributed by atoms with E-state index in [1.54, 1.807) is 19.2 Å². The average molecular weight is 328 g/mol. The molecule has 0 aliphatic carbocycles. The van der Waals surface area contributed by atoms with E-state index < -0.39 is 10.0 Å². The quantitative estimate of drug-likeness (QED) is 0.644. The van der Waals surface area contributed by atoms with Gasteiger partial charge in [-0.25, -0.2) is 13.1 Å². The largest absolute Gasteiger partial charge is 0.383 e. The first-order chi connectivity index (χ1) is 10.3. The number of ether oxygens (including phenoxy) is 1. The predicted octanol–water partition coefficient (Wildman–Crippen LogP) is 1.89. The molecule has 0 bridgehead atoms. The molecule has 0 saturated heterocycles. The fourth-order valence-corrected chi connectivity index (χ4v) is 2.98. The Labute approximate surface area is 134 Å². The molecule has 5 nitrogen and oxygen atoms in total. The molecule has 1 rings (SSSR count). The van der Waals surface area contributed by atoms with Gasteiger partial charge in [0.25, 0.3) is 0 Å². The van der Waals surface area contributed by atoms with Crippen LogP contribution < -0.4 is 10.0 Å². The van der Waals surface area contributed by atoms with E-state index in [4.69, 9.17) is 4.74 Å². The number of methoxy groups -OCH3 is 1. The zero-order chi connectivity index (χ0) is 16.6. The van der Waals surface area contributed by atoms with Gasteiger partial charge < -0.3 is 10.1 Å². The molecule has 1 aromatic carbocycles. The molecule has 0 aliphatic heterocycles. The maximum Gasteiger partial charge on any atom is 0.240 e. The summed E-state index contributed by atoms with van der Waals surface area (Å²) >= 11 is 0. The van der Waals surface area contributed by atoms with Crippen LogP contribution in [0.1, 0.15) is 32.8 Å². The first kappa shape index (κ1) is 19.1. The van der Waals surface area contributed by atoms with E-state index >= 15 is 0 Å². The third kappa shape index (κ3) is 5.68. The van der Waals surface area contributed by atoms with Gasteiger partial charge in [0.1, 0.15) is 0 Å². The molecule has 6 heteroatoms. The molecule has 0 saturated carbocycles. The van der Waals surface area contributed by atoms with Gasteiger partial charge in [0.2, 0.25) is 10.0 Å². The summed E-state index contributed by atoms with van der Waals surface area (Å²) in [5.41, 5.74) is 1.20. The molecular weight excluding hydrogens is 300 g/mol. The monoisotopic (exact) mass is 328 g/mol. The second-order valence-electron chi connectivity index (χ2n) is 5.90. The maximum atomic E-state index is 12.2. The smallest absolute Gasteiger partial charge is 0.240 e. The number of sulfonamides is 1. The third-order valence-corrected chi connectivity index (χ3v) is 5.38. The number of benzene rings is 1. The van der Waals surface area contributed by atoms with Gasteiger partial charge in [0, 0.05) is 26.7 Å². The fourth-order valence-electron chi connectivity index (χ4n) is 1.95. The first-order valence-electron chi connectivity index (χ1n) is 7.63. The van der Waals surface area contributed by atoms with Crippen molar-refractivity contribution in [3.05, 3.63) is 29.8 Å². The summed E-state index contributed by atoms with van der Waals surface area (Å²) in [6, 6.07) is 7.14. The number of rotatable bonds is 10.